The minimum absolute atomic E-state index is 0.0803. The zero-order valence-electron chi connectivity index (χ0n) is 11.9. The molecule has 0 bridgehead atoms. The van der Waals surface area contributed by atoms with Crippen molar-refractivity contribution >= 4 is 5.91 Å². The number of carbonyl (C=O) groups excluding carboxylic acids is 1. The van der Waals surface area contributed by atoms with Gasteiger partial charge in [-0.2, -0.15) is 0 Å². The Balaban J connectivity index is 2.25. The fourth-order valence-corrected chi connectivity index (χ4v) is 2.70. The first kappa shape index (κ1) is 15.4. The zero-order chi connectivity index (χ0) is 13.4. The Hall–Kier alpha value is -0.610. The number of hydrogen-bond donors (Lipinski definition) is 1. The van der Waals surface area contributed by atoms with Crippen molar-refractivity contribution in [2.24, 2.45) is 11.7 Å². The van der Waals surface area contributed by atoms with Gasteiger partial charge in [-0.25, -0.2) is 0 Å². The third-order valence-corrected chi connectivity index (χ3v) is 3.81. The largest absolute Gasteiger partial charge is 0.385 e. The van der Waals surface area contributed by atoms with Crippen LogP contribution >= 0.6 is 0 Å². The van der Waals surface area contributed by atoms with E-state index in [4.69, 9.17) is 10.5 Å². The first-order valence-corrected chi connectivity index (χ1v) is 7.14. The molecule has 0 spiro atoms. The van der Waals surface area contributed by atoms with E-state index in [-0.39, 0.29) is 11.9 Å². The lowest BCUT2D eigenvalue weighted by molar-refractivity contribution is -0.132. The topological polar surface area (TPSA) is 55.6 Å². The molecule has 1 atom stereocenters. The highest BCUT2D eigenvalue weighted by molar-refractivity contribution is 5.81. The summed E-state index contributed by atoms with van der Waals surface area (Å²) < 4.78 is 4.97. The summed E-state index contributed by atoms with van der Waals surface area (Å²) in [6, 6.07) is -0.367. The highest BCUT2D eigenvalue weighted by Gasteiger charge is 2.21. The van der Waals surface area contributed by atoms with Crippen LogP contribution in [0.2, 0.25) is 0 Å². The summed E-state index contributed by atoms with van der Waals surface area (Å²) in [6.45, 7) is 1.55. The van der Waals surface area contributed by atoms with Crippen molar-refractivity contribution in [2.45, 2.75) is 51.0 Å². The second-order valence-corrected chi connectivity index (χ2v) is 5.46. The van der Waals surface area contributed by atoms with Gasteiger partial charge in [-0.05, 0) is 31.6 Å². The lowest BCUT2D eigenvalue weighted by atomic mass is 9.89. The predicted octanol–water partition coefficient (Wildman–Crippen LogP) is 1.78. The average molecular weight is 256 g/mol. The molecule has 1 unspecified atom stereocenters. The molecule has 1 rings (SSSR count). The molecule has 0 saturated heterocycles. The quantitative estimate of drug-likeness (QED) is 0.706. The van der Waals surface area contributed by atoms with E-state index in [1.807, 2.05) is 11.9 Å². The second kappa shape index (κ2) is 8.48. The van der Waals surface area contributed by atoms with Gasteiger partial charge in [-0.1, -0.05) is 19.3 Å². The molecule has 0 radical (unpaired) electrons. The van der Waals surface area contributed by atoms with Crippen LogP contribution in [0.25, 0.3) is 0 Å². The van der Waals surface area contributed by atoms with E-state index in [0.29, 0.717) is 18.9 Å². The summed E-state index contributed by atoms with van der Waals surface area (Å²) in [7, 11) is 3.55. The highest BCUT2D eigenvalue weighted by Crippen LogP contribution is 2.24. The normalized spacial score (nSPS) is 18.6. The van der Waals surface area contributed by atoms with Crippen LogP contribution in [0.3, 0.4) is 0 Å². The van der Waals surface area contributed by atoms with E-state index < -0.39 is 0 Å². The molecule has 1 amide bonds. The Kier molecular flexibility index (Phi) is 7.28. The van der Waals surface area contributed by atoms with Crippen LogP contribution < -0.4 is 5.73 Å². The van der Waals surface area contributed by atoms with Crippen LogP contribution in [0.15, 0.2) is 0 Å². The number of ether oxygens (including phenoxy) is 1. The van der Waals surface area contributed by atoms with Crippen LogP contribution in [-0.4, -0.2) is 44.2 Å². The number of hydrogen-bond acceptors (Lipinski definition) is 3. The summed E-state index contributed by atoms with van der Waals surface area (Å²) in [5.41, 5.74) is 5.92. The maximum Gasteiger partial charge on any atom is 0.239 e. The molecule has 2 N–H and O–H groups in total. The summed E-state index contributed by atoms with van der Waals surface area (Å²) in [6.07, 6.45) is 8.05. The standard InChI is InChI=1S/C14H28N2O2/c1-16(11-12-7-4-3-5-8-12)14(17)13(15)9-6-10-18-2/h12-13H,3-11,15H2,1-2H3. The third kappa shape index (κ3) is 5.36. The zero-order valence-corrected chi connectivity index (χ0v) is 11.9. The molecule has 106 valence electrons. The number of nitrogens with two attached hydrogens (primary N) is 1. The van der Waals surface area contributed by atoms with Crippen molar-refractivity contribution in [3.05, 3.63) is 0 Å². The van der Waals surface area contributed by atoms with E-state index in [1.165, 1.54) is 32.1 Å². The van der Waals surface area contributed by atoms with Crippen LogP contribution in [-0.2, 0) is 9.53 Å². The lowest BCUT2D eigenvalue weighted by Gasteiger charge is -2.28. The number of nitrogens with zero attached hydrogens (tertiary/aromatic N) is 1. The minimum atomic E-state index is -0.367. The molecule has 0 aromatic carbocycles. The molecular formula is C14H28N2O2. The van der Waals surface area contributed by atoms with E-state index >= 15 is 0 Å². The van der Waals surface area contributed by atoms with Gasteiger partial charge in [0.1, 0.15) is 0 Å². The number of carbonyl (C=O) groups is 1. The summed E-state index contributed by atoms with van der Waals surface area (Å²) in [4.78, 5) is 13.9. The average Bonchev–Trinajstić information content (AvgIpc) is 2.39. The Labute approximate surface area is 111 Å². The first-order chi connectivity index (χ1) is 8.65. The Morgan fingerprint density at radius 3 is 2.67 bits per heavy atom. The van der Waals surface area contributed by atoms with E-state index in [1.54, 1.807) is 7.11 Å². The summed E-state index contributed by atoms with van der Waals surface area (Å²) in [5, 5.41) is 0. The third-order valence-electron chi connectivity index (χ3n) is 3.81. The maximum atomic E-state index is 12.1. The Bertz CT molecular complexity index is 240. The van der Waals surface area contributed by atoms with Gasteiger partial charge in [0, 0.05) is 27.3 Å². The highest BCUT2D eigenvalue weighted by atomic mass is 16.5. The number of likely N-dealkylation sites (N-methyl/N-ethyl adjacent to an activating group) is 1. The lowest BCUT2D eigenvalue weighted by Crippen LogP contribution is -2.43. The van der Waals surface area contributed by atoms with Crippen molar-refractivity contribution in [1.29, 1.82) is 0 Å². The van der Waals surface area contributed by atoms with Crippen molar-refractivity contribution in [3.63, 3.8) is 0 Å². The molecule has 0 aromatic rings. The van der Waals surface area contributed by atoms with Crippen LogP contribution in [0.5, 0.6) is 0 Å². The van der Waals surface area contributed by atoms with Gasteiger partial charge in [0.05, 0.1) is 6.04 Å². The molecule has 1 aliphatic rings. The van der Waals surface area contributed by atoms with Crippen LogP contribution in [0.4, 0.5) is 0 Å². The van der Waals surface area contributed by atoms with Crippen LogP contribution in [0, 0.1) is 5.92 Å². The molecule has 1 saturated carbocycles. The van der Waals surface area contributed by atoms with E-state index in [2.05, 4.69) is 0 Å². The molecule has 0 aromatic heterocycles. The van der Waals surface area contributed by atoms with Gasteiger partial charge in [0.25, 0.3) is 0 Å². The fraction of sp³-hybridized carbons (Fsp3) is 0.929. The van der Waals surface area contributed by atoms with E-state index in [9.17, 15) is 4.79 Å². The molecule has 1 fully saturated rings. The smallest absolute Gasteiger partial charge is 0.239 e. The van der Waals surface area contributed by atoms with Crippen molar-refractivity contribution in [3.8, 4) is 0 Å². The SMILES string of the molecule is COCCCC(N)C(=O)N(C)CC1CCCCC1. The molecule has 4 heteroatoms. The van der Waals surface area contributed by atoms with Gasteiger partial charge in [-0.3, -0.25) is 4.79 Å². The summed E-state index contributed by atoms with van der Waals surface area (Å²) >= 11 is 0. The monoisotopic (exact) mass is 256 g/mol. The maximum absolute atomic E-state index is 12.1. The summed E-state index contributed by atoms with van der Waals surface area (Å²) in [5.74, 6) is 0.760. The molecule has 4 nitrogen and oxygen atoms in total. The van der Waals surface area contributed by atoms with Crippen molar-refractivity contribution < 1.29 is 9.53 Å². The fourth-order valence-electron chi connectivity index (χ4n) is 2.70. The number of amides is 1. The Morgan fingerprint density at radius 1 is 1.39 bits per heavy atom. The van der Waals surface area contributed by atoms with Crippen LogP contribution in [0.1, 0.15) is 44.9 Å². The first-order valence-electron chi connectivity index (χ1n) is 7.14. The molecule has 18 heavy (non-hydrogen) atoms. The van der Waals surface area contributed by atoms with Gasteiger partial charge >= 0.3 is 0 Å². The molecule has 1 aliphatic carbocycles. The predicted molar refractivity (Wildman–Crippen MR) is 73.3 cm³/mol. The minimum Gasteiger partial charge on any atom is -0.385 e. The second-order valence-electron chi connectivity index (χ2n) is 5.46. The molecule has 0 heterocycles. The van der Waals surface area contributed by atoms with Gasteiger partial charge in [0.2, 0.25) is 5.91 Å². The number of rotatable bonds is 7. The molecule has 0 aliphatic heterocycles. The Morgan fingerprint density at radius 2 is 2.06 bits per heavy atom. The van der Waals surface area contributed by atoms with Gasteiger partial charge in [0.15, 0.2) is 0 Å². The van der Waals surface area contributed by atoms with Crippen molar-refractivity contribution in [1.82, 2.24) is 4.90 Å². The van der Waals surface area contributed by atoms with Gasteiger partial charge < -0.3 is 15.4 Å². The molecular weight excluding hydrogens is 228 g/mol. The number of methoxy groups -OCH3 is 1. The van der Waals surface area contributed by atoms with Crippen molar-refractivity contribution in [2.75, 3.05) is 27.3 Å². The van der Waals surface area contributed by atoms with Gasteiger partial charge in [-0.15, -0.1) is 0 Å². The van der Waals surface area contributed by atoms with E-state index in [0.717, 1.165) is 13.0 Å².